The van der Waals surface area contributed by atoms with Crippen molar-refractivity contribution in [3.63, 3.8) is 0 Å². The number of hydrogen-bond acceptors (Lipinski definition) is 9. The van der Waals surface area contributed by atoms with Crippen molar-refractivity contribution < 1.29 is 64.4 Å². The van der Waals surface area contributed by atoms with Crippen LogP contribution in [-0.2, 0) is 14.4 Å². The maximum atomic E-state index is 12.8. The van der Waals surface area contributed by atoms with Gasteiger partial charge in [0.05, 0.1) is 12.0 Å². The monoisotopic (exact) mass is 975 g/mol. The number of Topliss-reactive ketones (excluding diaryl/α,β-unsaturated/α-hetero) is 1. The van der Waals surface area contributed by atoms with E-state index in [1.165, 1.54) is 43.3 Å². The van der Waals surface area contributed by atoms with Crippen LogP contribution in [-0.4, -0.2) is 64.6 Å². The third-order valence-electron chi connectivity index (χ3n) is 22.5. The molecule has 0 saturated heterocycles. The number of allylic oxidation sites excluding steroid dienone is 12. The Labute approximate surface area is 444 Å². The predicted octanol–water partition coefficient (Wildman–Crippen LogP) is 7.61. The molecule has 0 unspecified atom stereocenters. The molecule has 0 radical (unpaired) electrons. The van der Waals surface area contributed by atoms with Crippen molar-refractivity contribution in [1.82, 2.24) is 0 Å². The minimum absolute atomic E-state index is 0. The van der Waals surface area contributed by atoms with Gasteiger partial charge in [-0.1, -0.05) is 98.3 Å². The van der Waals surface area contributed by atoms with E-state index >= 15 is 0 Å². The molecule has 10 rings (SSSR count). The van der Waals surface area contributed by atoms with Gasteiger partial charge in [-0.15, -0.1) is 0 Å². The third kappa shape index (κ3) is 8.09. The Bertz CT molecular complexity index is 2400. The Morgan fingerprint density at radius 2 is 0.971 bits per heavy atom. The molecular formula is C60H91N2NaO7. The molecule has 0 amide bonds. The van der Waals surface area contributed by atoms with Crippen LogP contribution in [0.5, 0.6) is 0 Å². The molecule has 384 valence electrons. The summed E-state index contributed by atoms with van der Waals surface area (Å²) in [7, 11) is 1.75. The Kier molecular flexibility index (Phi) is 15.8. The van der Waals surface area contributed by atoms with E-state index in [-0.39, 0.29) is 98.7 Å². The zero-order chi connectivity index (χ0) is 50.9. The molecule has 9 nitrogen and oxygen atoms in total. The summed E-state index contributed by atoms with van der Waals surface area (Å²) in [5, 5.41) is 35.7. The minimum atomic E-state index is -1.15. The average Bonchev–Trinajstić information content (AvgIpc) is 3.30. The molecular weight excluding hydrogens is 884 g/mol. The number of carbonyl (C=O) groups is 3. The first kappa shape index (κ1) is 58.7. The van der Waals surface area contributed by atoms with Gasteiger partial charge in [-0.25, -0.2) is 0 Å². The molecule has 0 aromatic heterocycles. The maximum Gasteiger partial charge on any atom is 1.00 e. The summed E-state index contributed by atoms with van der Waals surface area (Å²) in [6.45, 7) is 27.4. The summed E-state index contributed by atoms with van der Waals surface area (Å²) in [5.41, 5.74) is 20.5. The van der Waals surface area contributed by atoms with Crippen molar-refractivity contribution in [3.05, 3.63) is 81.2 Å². The normalized spacial score (nSPS) is 46.2. The summed E-state index contributed by atoms with van der Waals surface area (Å²) >= 11 is 0. The standard InChI is InChI=1S/C29H41NO3.C28H39NO2.CH4O.CH3O.CH4.Na/c1-24-9-11-25(2,30)16-22(24)29(6)14-12-26(3)19-15-20(32)23(33)27(4,17-31)18(19)7-8-21(26)28(29,5)13-10-24;1-17-18-7-8-21-26(4,19(18)15-20(30)23(17)31)12-14-28(6)22-16-25(3,29)11-9-24(22,2)10-13-27(21,28)5;2*1-2;;/h7-8,15,22,31H,9-14,16-17,30H2,1-6H3;7-8,15,22,31H,9-14,16,29H2,1-6H3;2H,1H3;1H3;1H4;/q;;;-1;;+1/t22-,24-,25-,26+,27+,28-,29+;22-,24-,25-,26+,27-,28+;;;;/m11..../s1. The fraction of sp³-hybridized carbons (Fsp3) is 0.717. The number of aliphatic hydroxyl groups excluding tert-OH is 3. The second-order valence-corrected chi connectivity index (χ2v) is 26.3. The van der Waals surface area contributed by atoms with Crippen molar-refractivity contribution in [2.24, 2.45) is 72.0 Å². The zero-order valence-corrected chi connectivity index (χ0v) is 47.4. The van der Waals surface area contributed by atoms with Gasteiger partial charge in [-0.2, -0.15) is 7.11 Å². The van der Waals surface area contributed by atoms with Crippen molar-refractivity contribution in [3.8, 4) is 0 Å². The molecule has 6 fully saturated rings. The van der Waals surface area contributed by atoms with E-state index in [1.54, 1.807) is 19.1 Å². The van der Waals surface area contributed by atoms with Gasteiger partial charge in [0.1, 0.15) is 0 Å². The van der Waals surface area contributed by atoms with E-state index in [1.807, 2.05) is 13.0 Å². The van der Waals surface area contributed by atoms with Crippen LogP contribution in [0.4, 0.5) is 0 Å². The van der Waals surface area contributed by atoms with Crippen LogP contribution in [0.3, 0.4) is 0 Å². The topological polar surface area (TPSA) is 187 Å². The molecule has 10 aliphatic rings. The predicted molar refractivity (Wildman–Crippen MR) is 276 cm³/mol. The molecule has 70 heavy (non-hydrogen) atoms. The van der Waals surface area contributed by atoms with Crippen molar-refractivity contribution in [2.75, 3.05) is 20.8 Å². The second kappa shape index (κ2) is 18.9. The molecule has 0 heterocycles. The molecule has 0 bridgehead atoms. The van der Waals surface area contributed by atoms with Gasteiger partial charge in [0, 0.05) is 34.6 Å². The van der Waals surface area contributed by atoms with Gasteiger partial charge < -0.3 is 31.9 Å². The van der Waals surface area contributed by atoms with Crippen LogP contribution in [0.15, 0.2) is 81.2 Å². The van der Waals surface area contributed by atoms with E-state index in [4.69, 9.17) is 21.7 Å². The van der Waals surface area contributed by atoms with Crippen LogP contribution in [0, 0.1) is 60.6 Å². The maximum absolute atomic E-state index is 12.8. The molecule has 10 heteroatoms. The average molecular weight is 975 g/mol. The third-order valence-corrected chi connectivity index (χ3v) is 22.5. The van der Waals surface area contributed by atoms with Crippen LogP contribution >= 0.6 is 0 Å². The van der Waals surface area contributed by atoms with Crippen LogP contribution in [0.25, 0.3) is 0 Å². The molecule has 10 aliphatic carbocycles. The van der Waals surface area contributed by atoms with E-state index in [0.29, 0.717) is 22.7 Å². The summed E-state index contributed by atoms with van der Waals surface area (Å²) in [5.74, 6) is -0.124. The van der Waals surface area contributed by atoms with E-state index < -0.39 is 17.0 Å². The number of rotatable bonds is 1. The number of aliphatic hydroxyl groups is 3. The van der Waals surface area contributed by atoms with Gasteiger partial charge in [0.15, 0.2) is 5.76 Å². The van der Waals surface area contributed by atoms with Crippen molar-refractivity contribution in [2.45, 2.75) is 191 Å². The largest absolute Gasteiger partial charge is 1.00 e. The van der Waals surface area contributed by atoms with E-state index in [2.05, 4.69) is 87.5 Å². The molecule has 0 spiro atoms. The Balaban J connectivity index is 0.000000238. The van der Waals surface area contributed by atoms with Crippen LogP contribution in [0.1, 0.15) is 180 Å². The molecule has 13 atom stereocenters. The molecule has 7 N–H and O–H groups in total. The first-order valence-electron chi connectivity index (χ1n) is 25.8. The van der Waals surface area contributed by atoms with Crippen molar-refractivity contribution in [1.29, 1.82) is 0 Å². The van der Waals surface area contributed by atoms with Gasteiger partial charge in [0.2, 0.25) is 17.3 Å². The fourth-order valence-electron chi connectivity index (χ4n) is 17.4. The number of fused-ring (bicyclic) bond motifs is 14. The number of carbonyl (C=O) groups excluding carboxylic acids is 3. The zero-order valence-electron chi connectivity index (χ0n) is 45.4. The first-order valence-corrected chi connectivity index (χ1v) is 25.8. The second-order valence-electron chi connectivity index (χ2n) is 26.3. The van der Waals surface area contributed by atoms with Gasteiger partial charge in [-0.3, -0.25) is 14.4 Å². The first-order chi connectivity index (χ1) is 31.4. The quantitative estimate of drug-likeness (QED) is 0.130. The van der Waals surface area contributed by atoms with Crippen LogP contribution in [0.2, 0.25) is 0 Å². The molecule has 6 saturated carbocycles. The summed E-state index contributed by atoms with van der Waals surface area (Å²) < 4.78 is 0. The van der Waals surface area contributed by atoms with E-state index in [9.17, 15) is 24.6 Å². The van der Waals surface area contributed by atoms with Gasteiger partial charge in [0.25, 0.3) is 0 Å². The SMILES string of the molecule is C.CC1=C(O)C(=O)C=C2C1=CC=C1[C@@]2(C)CC[C@@]2(C)[C@@H]3C[C@](C)(N)CC[C@]3(C)CC[C@]12C.CO.C[C@@]1(N)CC[C@]2(C)CC[C@]3(C)C4=CC=C5C(=CC(=O)C(=O)[C@@]5(C)CO)[C@]4(C)CC[C@@]3(C)[C@@H]2C1.C[O-].[Na+]. The molecule has 0 aromatic rings. The van der Waals surface area contributed by atoms with Crippen molar-refractivity contribution >= 4 is 17.3 Å². The summed E-state index contributed by atoms with van der Waals surface area (Å²) in [6, 6.07) is 0. The summed E-state index contributed by atoms with van der Waals surface area (Å²) in [6.07, 6.45) is 28.0. The molecule has 0 aliphatic heterocycles. The fourth-order valence-corrected chi connectivity index (χ4v) is 17.4. The van der Waals surface area contributed by atoms with Gasteiger partial charge in [-0.05, 0) is 196 Å². The Morgan fingerprint density at radius 1 is 0.571 bits per heavy atom. The Morgan fingerprint density at radius 3 is 1.41 bits per heavy atom. The van der Waals surface area contributed by atoms with Crippen LogP contribution < -0.4 is 46.1 Å². The molecule has 0 aromatic carbocycles. The number of hydrogen-bond donors (Lipinski definition) is 5. The van der Waals surface area contributed by atoms with Gasteiger partial charge >= 0.3 is 29.6 Å². The van der Waals surface area contributed by atoms with E-state index in [0.717, 1.165) is 99.9 Å². The summed E-state index contributed by atoms with van der Waals surface area (Å²) in [4.78, 5) is 38.1. The number of nitrogens with two attached hydrogens (primary N) is 2. The smallest absolute Gasteiger partial charge is 0.857 e. The Hall–Kier alpha value is -2.21. The number of ketones is 3. The minimum Gasteiger partial charge on any atom is -0.857 e.